The minimum Gasteiger partial charge on any atom is -0.465 e. The van der Waals surface area contributed by atoms with Crippen molar-refractivity contribution in [3.63, 3.8) is 0 Å². The average Bonchev–Trinajstić information content (AvgIpc) is 3.63. The number of sulfonamides is 1. The predicted molar refractivity (Wildman–Crippen MR) is 235 cm³/mol. The normalized spacial score (nSPS) is 11.6. The molecule has 4 aromatic rings. The molecular formula is C45H61N3O8S2. The third-order valence-electron chi connectivity index (χ3n) is 9.31. The molecule has 0 bridgehead atoms. The number of esters is 1. The molecule has 58 heavy (non-hydrogen) atoms. The Kier molecular flexibility index (Phi) is 23.1. The van der Waals surface area contributed by atoms with Crippen LogP contribution in [0.3, 0.4) is 0 Å². The molecule has 0 radical (unpaired) electrons. The maximum absolute atomic E-state index is 13.6. The van der Waals surface area contributed by atoms with Gasteiger partial charge in [0.2, 0.25) is 10.0 Å². The van der Waals surface area contributed by atoms with Crippen molar-refractivity contribution in [1.29, 1.82) is 0 Å². The second-order valence-electron chi connectivity index (χ2n) is 13.4. The zero-order valence-electron chi connectivity index (χ0n) is 34.9. The van der Waals surface area contributed by atoms with Crippen molar-refractivity contribution in [2.45, 2.75) is 103 Å². The van der Waals surface area contributed by atoms with Crippen LogP contribution in [0.2, 0.25) is 0 Å². The first-order valence-corrected chi connectivity index (χ1v) is 22.2. The van der Waals surface area contributed by atoms with E-state index in [1.54, 1.807) is 25.3 Å². The van der Waals surface area contributed by atoms with Crippen LogP contribution >= 0.6 is 11.3 Å². The Morgan fingerprint density at radius 2 is 1.33 bits per heavy atom. The number of amides is 2. The standard InChI is InChI=1S/C34H35N3O6S2.C7H16.C3H8O.CH2O/c1-35-45(41,42)27-10-6-9-25(21-27)31(38)37-33-30(28-11-3-4-12-29(28)44-33)32(39)36-26-19-15-23(16-20-26)8-5-7-22-13-17-24(18-14-22)34(40)43-2;1-3-5-7-6-4-2;1-3-4-2;1-2/h6,9-10,13-21,35H,3-5,7-8,11-12H2,1-2H3,(H,36,39)(H,37,38);3-7H2,1-2H3;3H2,1-2H3;1H2. The average molecular weight is 836 g/mol. The third-order valence-corrected chi connectivity index (χ3v) is 11.9. The molecule has 0 saturated carbocycles. The van der Waals surface area contributed by atoms with Crippen molar-refractivity contribution in [3.05, 3.63) is 111 Å². The van der Waals surface area contributed by atoms with Gasteiger partial charge in [0.05, 0.1) is 23.1 Å². The van der Waals surface area contributed by atoms with Crippen molar-refractivity contribution in [2.24, 2.45) is 0 Å². The maximum atomic E-state index is 13.6. The van der Waals surface area contributed by atoms with Gasteiger partial charge in [0.15, 0.2) is 0 Å². The van der Waals surface area contributed by atoms with E-state index in [1.807, 2.05) is 50.1 Å². The molecule has 2 amide bonds. The number of fused-ring (bicyclic) bond motifs is 1. The number of ether oxygens (including phenoxy) is 2. The molecule has 5 rings (SSSR count). The van der Waals surface area contributed by atoms with E-state index in [9.17, 15) is 22.8 Å². The zero-order valence-corrected chi connectivity index (χ0v) is 36.5. The largest absolute Gasteiger partial charge is 0.465 e. The number of unbranched alkanes of at least 4 members (excludes halogenated alkanes) is 4. The molecule has 1 aromatic heterocycles. The van der Waals surface area contributed by atoms with Crippen molar-refractivity contribution < 1.29 is 37.1 Å². The first-order valence-electron chi connectivity index (χ1n) is 19.9. The lowest BCUT2D eigenvalue weighted by Gasteiger charge is -2.14. The van der Waals surface area contributed by atoms with Gasteiger partial charge in [-0.1, -0.05) is 76.3 Å². The Morgan fingerprint density at radius 1 is 0.741 bits per heavy atom. The lowest BCUT2D eigenvalue weighted by atomic mass is 9.95. The number of hydrogen-bond donors (Lipinski definition) is 3. The quantitative estimate of drug-likeness (QED) is 0.0745. The fraction of sp³-hybridized carbons (Fsp3) is 0.422. The Morgan fingerprint density at radius 3 is 1.88 bits per heavy atom. The third kappa shape index (κ3) is 15.9. The van der Waals surface area contributed by atoms with E-state index in [4.69, 9.17) is 9.53 Å². The number of carbonyl (C=O) groups excluding carboxylic acids is 4. The second-order valence-corrected chi connectivity index (χ2v) is 16.4. The van der Waals surface area contributed by atoms with Crippen LogP contribution < -0.4 is 15.4 Å². The number of anilines is 2. The molecule has 11 nitrogen and oxygen atoms in total. The van der Waals surface area contributed by atoms with E-state index in [2.05, 4.69) is 33.9 Å². The summed E-state index contributed by atoms with van der Waals surface area (Å²) in [6, 6.07) is 21.0. The Hall–Kier alpha value is -4.69. The van der Waals surface area contributed by atoms with E-state index in [1.165, 1.54) is 75.8 Å². The Labute approximate surface area is 349 Å². The van der Waals surface area contributed by atoms with Gasteiger partial charge in [0.25, 0.3) is 11.8 Å². The van der Waals surface area contributed by atoms with E-state index in [0.717, 1.165) is 73.1 Å². The summed E-state index contributed by atoms with van der Waals surface area (Å²) < 4.78 is 36.0. The number of hydrogen-bond acceptors (Lipinski definition) is 9. The van der Waals surface area contributed by atoms with E-state index in [0.29, 0.717) is 21.8 Å². The fourth-order valence-corrected chi connectivity index (χ4v) is 8.10. The maximum Gasteiger partial charge on any atom is 0.337 e. The smallest absolute Gasteiger partial charge is 0.337 e. The van der Waals surface area contributed by atoms with Gasteiger partial charge in [0.1, 0.15) is 11.8 Å². The molecule has 0 aliphatic heterocycles. The molecule has 3 N–H and O–H groups in total. The van der Waals surface area contributed by atoms with Crippen LogP contribution in [0.1, 0.15) is 125 Å². The Bertz CT molecular complexity index is 1950. The molecule has 316 valence electrons. The van der Waals surface area contributed by atoms with Crippen LogP contribution in [0, 0.1) is 0 Å². The monoisotopic (exact) mass is 835 g/mol. The van der Waals surface area contributed by atoms with Gasteiger partial charge in [0, 0.05) is 29.8 Å². The summed E-state index contributed by atoms with van der Waals surface area (Å²) in [5.41, 5.74) is 5.07. The van der Waals surface area contributed by atoms with Gasteiger partial charge in [-0.15, -0.1) is 11.3 Å². The van der Waals surface area contributed by atoms with Crippen molar-refractivity contribution >= 4 is 56.6 Å². The van der Waals surface area contributed by atoms with Crippen molar-refractivity contribution in [2.75, 3.05) is 38.5 Å². The molecule has 1 heterocycles. The van der Waals surface area contributed by atoms with Gasteiger partial charge in [-0.3, -0.25) is 9.59 Å². The van der Waals surface area contributed by atoms with Gasteiger partial charge < -0.3 is 24.9 Å². The van der Waals surface area contributed by atoms with E-state index >= 15 is 0 Å². The number of rotatable bonds is 16. The molecule has 0 spiro atoms. The van der Waals surface area contributed by atoms with Crippen LogP contribution in [0.25, 0.3) is 0 Å². The number of carbonyl (C=O) groups is 4. The topological polar surface area (TPSA) is 157 Å². The van der Waals surface area contributed by atoms with Crippen LogP contribution in [0.15, 0.2) is 77.7 Å². The minimum absolute atomic E-state index is 0.0150. The molecule has 0 atom stereocenters. The van der Waals surface area contributed by atoms with Crippen LogP contribution in [0.5, 0.6) is 0 Å². The number of methoxy groups -OCH3 is 2. The van der Waals surface area contributed by atoms with Crippen molar-refractivity contribution in [3.8, 4) is 0 Å². The summed E-state index contributed by atoms with van der Waals surface area (Å²) >= 11 is 1.40. The lowest BCUT2D eigenvalue weighted by molar-refractivity contribution is -0.0980. The molecule has 1 aliphatic rings. The summed E-state index contributed by atoms with van der Waals surface area (Å²) in [6.07, 6.45) is 13.2. The fourth-order valence-electron chi connectivity index (χ4n) is 6.04. The van der Waals surface area contributed by atoms with Crippen molar-refractivity contribution in [1.82, 2.24) is 4.72 Å². The predicted octanol–water partition coefficient (Wildman–Crippen LogP) is 9.45. The zero-order chi connectivity index (χ0) is 42.9. The summed E-state index contributed by atoms with van der Waals surface area (Å²) in [4.78, 5) is 47.6. The highest BCUT2D eigenvalue weighted by Crippen LogP contribution is 2.39. The van der Waals surface area contributed by atoms with Gasteiger partial charge in [-0.05, 0) is 118 Å². The van der Waals surface area contributed by atoms with E-state index in [-0.39, 0.29) is 22.3 Å². The lowest BCUT2D eigenvalue weighted by Crippen LogP contribution is -2.20. The summed E-state index contributed by atoms with van der Waals surface area (Å²) in [5.74, 6) is -1.13. The highest BCUT2D eigenvalue weighted by molar-refractivity contribution is 7.89. The van der Waals surface area contributed by atoms with Crippen LogP contribution in [-0.4, -0.2) is 60.9 Å². The molecular weight excluding hydrogens is 775 g/mol. The molecule has 1 aliphatic carbocycles. The Balaban J connectivity index is 0.000000779. The number of benzene rings is 3. The molecule has 13 heteroatoms. The highest BCUT2D eigenvalue weighted by atomic mass is 32.2. The summed E-state index contributed by atoms with van der Waals surface area (Å²) in [5, 5.41) is 6.35. The van der Waals surface area contributed by atoms with Crippen LogP contribution in [0.4, 0.5) is 10.7 Å². The second kappa shape index (κ2) is 27.1. The van der Waals surface area contributed by atoms with Gasteiger partial charge in [-0.25, -0.2) is 17.9 Å². The summed E-state index contributed by atoms with van der Waals surface area (Å²) in [7, 11) is 0.643. The first-order chi connectivity index (χ1) is 28.0. The minimum atomic E-state index is -3.72. The molecule has 0 unspecified atom stereocenters. The number of nitrogens with one attached hydrogen (secondary N) is 3. The molecule has 0 fully saturated rings. The highest BCUT2D eigenvalue weighted by Gasteiger charge is 2.27. The van der Waals surface area contributed by atoms with Crippen LogP contribution in [-0.2, 0) is 50.0 Å². The molecule has 3 aromatic carbocycles. The molecule has 0 saturated heterocycles. The van der Waals surface area contributed by atoms with E-state index < -0.39 is 15.9 Å². The van der Waals surface area contributed by atoms with Gasteiger partial charge in [-0.2, -0.15) is 0 Å². The number of thiophene rings is 1. The number of aryl methyl sites for hydroxylation is 3. The van der Waals surface area contributed by atoms with Gasteiger partial charge >= 0.3 is 5.97 Å². The summed E-state index contributed by atoms with van der Waals surface area (Å²) in [6.45, 7) is 9.27. The SMILES string of the molecule is C=O.CCCCCCC.CCOC.CNS(=O)(=O)c1cccc(C(=O)Nc2sc3c(c2C(=O)Nc2ccc(CCCc4ccc(C(=O)OC)cc4)cc2)CCCC3)c1. The first kappa shape index (κ1) is 49.5.